The van der Waals surface area contributed by atoms with Crippen molar-refractivity contribution in [2.45, 2.75) is 6.10 Å². The summed E-state index contributed by atoms with van der Waals surface area (Å²) >= 11 is 0. The van der Waals surface area contributed by atoms with Gasteiger partial charge in [-0.25, -0.2) is 0 Å². The second-order valence-corrected chi connectivity index (χ2v) is 3.90. The van der Waals surface area contributed by atoms with Crippen LogP contribution in [0.3, 0.4) is 0 Å². The van der Waals surface area contributed by atoms with E-state index in [-0.39, 0.29) is 6.10 Å². The lowest BCUT2D eigenvalue weighted by Gasteiger charge is -2.12. The molecule has 90 valence electrons. The molecular formula is C17H16O. The molecule has 0 saturated carbocycles. The van der Waals surface area contributed by atoms with Crippen molar-refractivity contribution in [3.63, 3.8) is 0 Å². The fourth-order valence-corrected chi connectivity index (χ4v) is 1.74. The quantitative estimate of drug-likeness (QED) is 0.689. The van der Waals surface area contributed by atoms with Crippen LogP contribution in [-0.4, -0.2) is 0 Å². The lowest BCUT2D eigenvalue weighted by molar-refractivity contribution is 0.192. The molecule has 0 aromatic heterocycles. The van der Waals surface area contributed by atoms with Gasteiger partial charge in [0, 0.05) is 0 Å². The maximum Gasteiger partial charge on any atom is 0.141 e. The first-order valence-corrected chi connectivity index (χ1v) is 5.95. The first kappa shape index (κ1) is 12.2. The van der Waals surface area contributed by atoms with E-state index in [2.05, 4.69) is 24.8 Å². The Morgan fingerprint density at radius 1 is 0.889 bits per heavy atom. The van der Waals surface area contributed by atoms with Crippen molar-refractivity contribution in [3.05, 3.63) is 90.7 Å². The Morgan fingerprint density at radius 2 is 1.50 bits per heavy atom. The van der Waals surface area contributed by atoms with Gasteiger partial charge in [0.15, 0.2) is 0 Å². The highest BCUT2D eigenvalue weighted by atomic mass is 16.5. The highest BCUT2D eigenvalue weighted by Gasteiger charge is 2.05. The smallest absolute Gasteiger partial charge is 0.141 e. The molecule has 2 aromatic carbocycles. The van der Waals surface area contributed by atoms with Gasteiger partial charge in [-0.3, -0.25) is 0 Å². The van der Waals surface area contributed by atoms with Crippen LogP contribution in [-0.2, 0) is 4.74 Å². The minimum atomic E-state index is -0.0936. The van der Waals surface area contributed by atoms with E-state index in [0.29, 0.717) is 0 Å². The maximum atomic E-state index is 5.53. The standard InChI is InChI=1S/C17H16O/c1-2-18-17(16-11-7-4-8-12-16)14-13-15-9-5-3-6-10-15/h2-14,17H,1H2/b14-13-. The molecular weight excluding hydrogens is 220 g/mol. The summed E-state index contributed by atoms with van der Waals surface area (Å²) < 4.78 is 5.53. The normalized spacial score (nSPS) is 12.2. The number of ether oxygens (including phenoxy) is 1. The molecule has 0 aliphatic rings. The topological polar surface area (TPSA) is 9.23 Å². The third-order valence-electron chi connectivity index (χ3n) is 2.63. The molecule has 1 nitrogen and oxygen atoms in total. The number of rotatable bonds is 5. The lowest BCUT2D eigenvalue weighted by atomic mass is 10.1. The van der Waals surface area contributed by atoms with E-state index < -0.39 is 0 Å². The second kappa shape index (κ2) is 6.45. The van der Waals surface area contributed by atoms with Crippen molar-refractivity contribution in [2.24, 2.45) is 0 Å². The Labute approximate surface area is 108 Å². The van der Waals surface area contributed by atoms with Gasteiger partial charge in [0.1, 0.15) is 6.10 Å². The van der Waals surface area contributed by atoms with Crippen LogP contribution in [0.15, 0.2) is 79.6 Å². The lowest BCUT2D eigenvalue weighted by Crippen LogP contribution is -1.96. The number of benzene rings is 2. The molecule has 0 amide bonds. The Hall–Kier alpha value is -2.28. The molecule has 1 heteroatoms. The first-order valence-electron chi connectivity index (χ1n) is 5.95. The molecule has 0 aliphatic carbocycles. The van der Waals surface area contributed by atoms with E-state index in [0.717, 1.165) is 11.1 Å². The fraction of sp³-hybridized carbons (Fsp3) is 0.0588. The van der Waals surface area contributed by atoms with Gasteiger partial charge >= 0.3 is 0 Å². The average Bonchev–Trinajstić information content (AvgIpc) is 2.45. The summed E-state index contributed by atoms with van der Waals surface area (Å²) in [5.74, 6) is 0. The van der Waals surface area contributed by atoms with E-state index in [4.69, 9.17) is 4.74 Å². The highest BCUT2D eigenvalue weighted by Crippen LogP contribution is 2.20. The molecule has 0 radical (unpaired) electrons. The molecule has 18 heavy (non-hydrogen) atoms. The van der Waals surface area contributed by atoms with Gasteiger partial charge < -0.3 is 4.74 Å². The zero-order valence-corrected chi connectivity index (χ0v) is 10.2. The predicted octanol–water partition coefficient (Wildman–Crippen LogP) is 4.60. The van der Waals surface area contributed by atoms with Gasteiger partial charge in [-0.1, -0.05) is 73.3 Å². The van der Waals surface area contributed by atoms with Crippen molar-refractivity contribution in [3.8, 4) is 0 Å². The average molecular weight is 236 g/mol. The summed E-state index contributed by atoms with van der Waals surface area (Å²) in [6.07, 6.45) is 5.48. The second-order valence-electron chi connectivity index (χ2n) is 3.90. The Bertz CT molecular complexity index is 500. The van der Waals surface area contributed by atoms with Crippen LogP contribution in [0.4, 0.5) is 0 Å². The van der Waals surface area contributed by atoms with E-state index in [1.807, 2.05) is 54.6 Å². The van der Waals surface area contributed by atoms with Crippen LogP contribution >= 0.6 is 0 Å². The SMILES string of the molecule is C=COC(/C=C\c1ccccc1)c1ccccc1. The summed E-state index contributed by atoms with van der Waals surface area (Å²) in [5.41, 5.74) is 2.27. The molecule has 0 heterocycles. The fourth-order valence-electron chi connectivity index (χ4n) is 1.74. The molecule has 0 bridgehead atoms. The largest absolute Gasteiger partial charge is 0.490 e. The molecule has 1 unspecified atom stereocenters. The Morgan fingerprint density at radius 3 is 2.11 bits per heavy atom. The van der Waals surface area contributed by atoms with Gasteiger partial charge in [-0.2, -0.15) is 0 Å². The molecule has 1 atom stereocenters. The molecule has 0 N–H and O–H groups in total. The summed E-state index contributed by atoms with van der Waals surface area (Å²) in [6, 6.07) is 20.3. The third kappa shape index (κ3) is 3.36. The minimum Gasteiger partial charge on any atom is -0.490 e. The van der Waals surface area contributed by atoms with Gasteiger partial charge in [0.25, 0.3) is 0 Å². The van der Waals surface area contributed by atoms with Crippen molar-refractivity contribution < 1.29 is 4.74 Å². The molecule has 0 spiro atoms. The van der Waals surface area contributed by atoms with Gasteiger partial charge in [0.2, 0.25) is 0 Å². The van der Waals surface area contributed by atoms with E-state index in [1.165, 1.54) is 6.26 Å². The van der Waals surface area contributed by atoms with Crippen molar-refractivity contribution >= 4 is 6.08 Å². The monoisotopic (exact) mass is 236 g/mol. The minimum absolute atomic E-state index is 0.0936. The van der Waals surface area contributed by atoms with E-state index in [1.54, 1.807) is 0 Å². The van der Waals surface area contributed by atoms with Crippen LogP contribution in [0.1, 0.15) is 17.2 Å². The zero-order valence-electron chi connectivity index (χ0n) is 10.2. The van der Waals surface area contributed by atoms with Crippen LogP contribution < -0.4 is 0 Å². The predicted molar refractivity (Wildman–Crippen MR) is 75.9 cm³/mol. The molecule has 2 aromatic rings. The summed E-state index contributed by atoms with van der Waals surface area (Å²) in [5, 5.41) is 0. The zero-order chi connectivity index (χ0) is 12.6. The first-order chi connectivity index (χ1) is 8.90. The van der Waals surface area contributed by atoms with Crippen LogP contribution in [0.25, 0.3) is 6.08 Å². The van der Waals surface area contributed by atoms with Gasteiger partial charge in [-0.15, -0.1) is 0 Å². The molecule has 0 saturated heterocycles. The third-order valence-corrected chi connectivity index (χ3v) is 2.63. The van der Waals surface area contributed by atoms with Crippen LogP contribution in [0.5, 0.6) is 0 Å². The van der Waals surface area contributed by atoms with Crippen molar-refractivity contribution in [2.75, 3.05) is 0 Å². The van der Waals surface area contributed by atoms with Crippen molar-refractivity contribution in [1.29, 1.82) is 0 Å². The van der Waals surface area contributed by atoms with Crippen molar-refractivity contribution in [1.82, 2.24) is 0 Å². The molecule has 0 aliphatic heterocycles. The maximum absolute atomic E-state index is 5.53. The summed E-state index contributed by atoms with van der Waals surface area (Å²) in [7, 11) is 0. The number of hydrogen-bond acceptors (Lipinski definition) is 1. The van der Waals surface area contributed by atoms with Crippen LogP contribution in [0, 0.1) is 0 Å². The summed E-state index contributed by atoms with van der Waals surface area (Å²) in [4.78, 5) is 0. The van der Waals surface area contributed by atoms with Gasteiger partial charge in [-0.05, 0) is 17.2 Å². The molecule has 0 fully saturated rings. The molecule has 2 rings (SSSR count). The van der Waals surface area contributed by atoms with Gasteiger partial charge in [0.05, 0.1) is 6.26 Å². The highest BCUT2D eigenvalue weighted by molar-refractivity contribution is 5.50. The Balaban J connectivity index is 2.17. The van der Waals surface area contributed by atoms with E-state index in [9.17, 15) is 0 Å². The van der Waals surface area contributed by atoms with Crippen LogP contribution in [0.2, 0.25) is 0 Å². The number of hydrogen-bond donors (Lipinski definition) is 0. The summed E-state index contributed by atoms with van der Waals surface area (Å²) in [6.45, 7) is 3.62. The Kier molecular flexibility index (Phi) is 4.37. The van der Waals surface area contributed by atoms with E-state index >= 15 is 0 Å².